The maximum Gasteiger partial charge on any atom is 0.142 e. The lowest BCUT2D eigenvalue weighted by Crippen LogP contribution is -2.24. The molecule has 2 heterocycles. The van der Waals surface area contributed by atoms with E-state index in [0.29, 0.717) is 11.7 Å². The van der Waals surface area contributed by atoms with E-state index >= 15 is 0 Å². The molecule has 1 aromatic rings. The Bertz CT molecular complexity index is 377. The van der Waals surface area contributed by atoms with Gasteiger partial charge in [0, 0.05) is 24.5 Å². The van der Waals surface area contributed by atoms with Crippen LogP contribution in [0, 0.1) is 11.3 Å². The average molecular weight is 216 g/mol. The molecule has 16 heavy (non-hydrogen) atoms. The molecular formula is C12H16N4. The molecule has 1 unspecified atom stereocenters. The summed E-state index contributed by atoms with van der Waals surface area (Å²) in [6.45, 7) is 2.09. The molecule has 0 radical (unpaired) electrons. The van der Waals surface area contributed by atoms with E-state index < -0.39 is 0 Å². The highest BCUT2D eigenvalue weighted by atomic mass is 15.0. The van der Waals surface area contributed by atoms with Crippen LogP contribution < -0.4 is 10.6 Å². The molecule has 4 heteroatoms. The van der Waals surface area contributed by atoms with E-state index in [2.05, 4.69) is 15.6 Å². The summed E-state index contributed by atoms with van der Waals surface area (Å²) in [5.41, 5.74) is 1.44. The molecule has 1 aliphatic rings. The van der Waals surface area contributed by atoms with E-state index in [-0.39, 0.29) is 0 Å². The minimum atomic E-state index is 0.462. The van der Waals surface area contributed by atoms with Gasteiger partial charge in [0.05, 0.1) is 0 Å². The molecule has 0 aromatic carbocycles. The van der Waals surface area contributed by atoms with Crippen LogP contribution in [0.4, 0.5) is 5.69 Å². The number of nitriles is 1. The van der Waals surface area contributed by atoms with Gasteiger partial charge in [0.1, 0.15) is 11.8 Å². The van der Waals surface area contributed by atoms with Crippen molar-refractivity contribution in [2.24, 2.45) is 0 Å². The van der Waals surface area contributed by atoms with Crippen molar-refractivity contribution < 1.29 is 0 Å². The molecule has 2 rings (SSSR count). The molecule has 2 N–H and O–H groups in total. The lowest BCUT2D eigenvalue weighted by Gasteiger charge is -2.11. The number of nitrogens with one attached hydrogen (secondary N) is 2. The number of hydrogen-bond donors (Lipinski definition) is 2. The van der Waals surface area contributed by atoms with E-state index in [1.54, 1.807) is 12.3 Å². The largest absolute Gasteiger partial charge is 0.385 e. The Morgan fingerprint density at radius 1 is 1.62 bits per heavy atom. The maximum atomic E-state index is 8.71. The van der Waals surface area contributed by atoms with Crippen molar-refractivity contribution in [1.82, 2.24) is 10.3 Å². The fraction of sp³-hybridized carbons (Fsp3) is 0.500. The van der Waals surface area contributed by atoms with Gasteiger partial charge in [-0.3, -0.25) is 0 Å². The first kappa shape index (κ1) is 10.9. The van der Waals surface area contributed by atoms with Gasteiger partial charge in [-0.25, -0.2) is 4.98 Å². The molecule has 84 valence electrons. The Balaban J connectivity index is 1.78. The molecule has 1 saturated heterocycles. The second kappa shape index (κ2) is 5.47. The van der Waals surface area contributed by atoms with Gasteiger partial charge >= 0.3 is 0 Å². The van der Waals surface area contributed by atoms with Crippen LogP contribution in [0.5, 0.6) is 0 Å². The fourth-order valence-corrected chi connectivity index (χ4v) is 2.00. The lowest BCUT2D eigenvalue weighted by atomic mass is 10.1. The first-order chi connectivity index (χ1) is 7.88. The number of pyridine rings is 1. The molecule has 0 aliphatic carbocycles. The minimum Gasteiger partial charge on any atom is -0.385 e. The van der Waals surface area contributed by atoms with Gasteiger partial charge in [0.2, 0.25) is 0 Å². The third-order valence-electron chi connectivity index (χ3n) is 2.86. The van der Waals surface area contributed by atoms with Gasteiger partial charge in [0.25, 0.3) is 0 Å². The van der Waals surface area contributed by atoms with Crippen molar-refractivity contribution in [3.63, 3.8) is 0 Å². The molecule has 4 nitrogen and oxygen atoms in total. The summed E-state index contributed by atoms with van der Waals surface area (Å²) < 4.78 is 0. The van der Waals surface area contributed by atoms with Crippen LogP contribution >= 0.6 is 0 Å². The second-order valence-electron chi connectivity index (χ2n) is 4.05. The average Bonchev–Trinajstić information content (AvgIpc) is 2.82. The van der Waals surface area contributed by atoms with Gasteiger partial charge in [-0.1, -0.05) is 0 Å². The SMILES string of the molecule is N#Cc1cc(NCCC2CCCN2)ccn1. The van der Waals surface area contributed by atoms with Crippen molar-refractivity contribution in [2.75, 3.05) is 18.4 Å². The highest BCUT2D eigenvalue weighted by Crippen LogP contribution is 2.11. The highest BCUT2D eigenvalue weighted by Gasteiger charge is 2.12. The highest BCUT2D eigenvalue weighted by molar-refractivity contribution is 5.45. The summed E-state index contributed by atoms with van der Waals surface area (Å²) in [5.74, 6) is 0. The van der Waals surface area contributed by atoms with Gasteiger partial charge in [-0.05, 0) is 37.9 Å². The maximum absolute atomic E-state index is 8.71. The lowest BCUT2D eigenvalue weighted by molar-refractivity contribution is 0.574. The monoisotopic (exact) mass is 216 g/mol. The van der Waals surface area contributed by atoms with Crippen molar-refractivity contribution >= 4 is 5.69 Å². The van der Waals surface area contributed by atoms with Crippen LogP contribution in [-0.2, 0) is 0 Å². The predicted molar refractivity (Wildman–Crippen MR) is 63.1 cm³/mol. The Hall–Kier alpha value is -1.60. The zero-order valence-electron chi connectivity index (χ0n) is 9.24. The van der Waals surface area contributed by atoms with Crippen LogP contribution in [0.1, 0.15) is 25.0 Å². The number of aromatic nitrogens is 1. The number of hydrogen-bond acceptors (Lipinski definition) is 4. The van der Waals surface area contributed by atoms with Crippen LogP contribution in [0.15, 0.2) is 18.3 Å². The zero-order valence-corrected chi connectivity index (χ0v) is 9.24. The minimum absolute atomic E-state index is 0.462. The third kappa shape index (κ3) is 2.94. The first-order valence-electron chi connectivity index (χ1n) is 5.72. The smallest absolute Gasteiger partial charge is 0.142 e. The fourth-order valence-electron chi connectivity index (χ4n) is 2.00. The van der Waals surface area contributed by atoms with Gasteiger partial charge < -0.3 is 10.6 Å². The van der Waals surface area contributed by atoms with Crippen LogP contribution in [0.2, 0.25) is 0 Å². The number of rotatable bonds is 4. The predicted octanol–water partition coefficient (Wildman–Crippen LogP) is 1.51. The topological polar surface area (TPSA) is 60.7 Å². The molecule has 0 spiro atoms. The zero-order chi connectivity index (χ0) is 11.2. The van der Waals surface area contributed by atoms with E-state index in [1.165, 1.54) is 12.8 Å². The van der Waals surface area contributed by atoms with E-state index in [0.717, 1.165) is 25.2 Å². The summed E-state index contributed by atoms with van der Waals surface area (Å²) in [7, 11) is 0. The Morgan fingerprint density at radius 2 is 2.56 bits per heavy atom. The molecule has 1 atom stereocenters. The number of nitrogens with zero attached hydrogens (tertiary/aromatic N) is 2. The van der Waals surface area contributed by atoms with Gasteiger partial charge in [0.15, 0.2) is 0 Å². The molecule has 1 aromatic heterocycles. The molecule has 1 fully saturated rings. The Labute approximate surface area is 95.7 Å². The Morgan fingerprint density at radius 3 is 3.31 bits per heavy atom. The summed E-state index contributed by atoms with van der Waals surface area (Å²) in [6, 6.07) is 6.36. The second-order valence-corrected chi connectivity index (χ2v) is 4.05. The van der Waals surface area contributed by atoms with E-state index in [1.807, 2.05) is 12.1 Å². The standard InChI is InChI=1S/C12H16N4/c13-9-12-8-11(4-7-16-12)15-6-3-10-2-1-5-14-10/h4,7-8,10,14H,1-3,5-6H2,(H,15,16). The van der Waals surface area contributed by atoms with Crippen molar-refractivity contribution in [1.29, 1.82) is 5.26 Å². The first-order valence-corrected chi connectivity index (χ1v) is 5.72. The molecular weight excluding hydrogens is 200 g/mol. The molecule has 0 bridgehead atoms. The van der Waals surface area contributed by atoms with Crippen molar-refractivity contribution in [2.45, 2.75) is 25.3 Å². The van der Waals surface area contributed by atoms with E-state index in [4.69, 9.17) is 5.26 Å². The van der Waals surface area contributed by atoms with E-state index in [9.17, 15) is 0 Å². The molecule has 1 aliphatic heterocycles. The van der Waals surface area contributed by atoms with Crippen LogP contribution in [0.25, 0.3) is 0 Å². The Kier molecular flexibility index (Phi) is 3.73. The van der Waals surface area contributed by atoms with Crippen LogP contribution in [0.3, 0.4) is 0 Å². The summed E-state index contributed by atoms with van der Waals surface area (Å²) in [4.78, 5) is 3.93. The summed E-state index contributed by atoms with van der Waals surface area (Å²) >= 11 is 0. The van der Waals surface area contributed by atoms with Crippen molar-refractivity contribution in [3.05, 3.63) is 24.0 Å². The summed E-state index contributed by atoms with van der Waals surface area (Å²) in [5, 5.41) is 15.5. The van der Waals surface area contributed by atoms with Crippen LogP contribution in [-0.4, -0.2) is 24.1 Å². The van der Waals surface area contributed by atoms with Gasteiger partial charge in [-0.2, -0.15) is 5.26 Å². The van der Waals surface area contributed by atoms with Gasteiger partial charge in [-0.15, -0.1) is 0 Å². The summed E-state index contributed by atoms with van der Waals surface area (Å²) in [6.07, 6.45) is 5.36. The van der Waals surface area contributed by atoms with Crippen molar-refractivity contribution in [3.8, 4) is 6.07 Å². The third-order valence-corrected chi connectivity index (χ3v) is 2.86. The normalized spacial score (nSPS) is 19.3. The molecule has 0 amide bonds. The quantitative estimate of drug-likeness (QED) is 0.801. The number of anilines is 1. The molecule has 0 saturated carbocycles.